The van der Waals surface area contributed by atoms with Gasteiger partial charge in [0.05, 0.1) is 0 Å². The Bertz CT molecular complexity index is 592. The fourth-order valence-electron chi connectivity index (χ4n) is 3.13. The topological polar surface area (TPSA) is 50.8 Å². The summed E-state index contributed by atoms with van der Waals surface area (Å²) in [5.41, 5.74) is 2.54. The number of ether oxygens (including phenoxy) is 1. The lowest BCUT2D eigenvalue weighted by Gasteiger charge is -2.19. The summed E-state index contributed by atoms with van der Waals surface area (Å²) in [6.45, 7) is 8.29. The monoisotopic (exact) mass is 380 g/mol. The highest BCUT2D eigenvalue weighted by Gasteiger charge is 2.31. The number of para-hydroxylation sites is 1. The molecule has 0 saturated carbocycles. The smallest absolute Gasteiger partial charge is 0.420 e. The summed E-state index contributed by atoms with van der Waals surface area (Å²) in [4.78, 5) is 11.3. The Labute approximate surface area is 162 Å². The van der Waals surface area contributed by atoms with E-state index in [1.54, 1.807) is 7.05 Å². The summed E-state index contributed by atoms with van der Waals surface area (Å²) < 4.78 is 13.4. The van der Waals surface area contributed by atoms with Crippen LogP contribution in [-0.4, -0.2) is 36.1 Å². The predicted octanol–water partition coefficient (Wildman–Crippen LogP) is 4.74. The molecular weight excluding hydrogens is 348 g/mol. The van der Waals surface area contributed by atoms with E-state index >= 15 is 0 Å². The van der Waals surface area contributed by atoms with Crippen LogP contribution >= 0.6 is 12.2 Å². The van der Waals surface area contributed by atoms with E-state index < -0.39 is 6.09 Å². The molecule has 0 fully saturated rings. The summed E-state index contributed by atoms with van der Waals surface area (Å²) in [6.07, 6.45) is 5.95. The first-order valence-electron chi connectivity index (χ1n) is 9.56. The minimum Gasteiger partial charge on any atom is -0.487 e. The number of unbranched alkanes of at least 4 members (excludes halogenated alkanes) is 2. The Morgan fingerprint density at radius 3 is 2.81 bits per heavy atom. The maximum absolute atomic E-state index is 11.3. The molecule has 1 aromatic rings. The van der Waals surface area contributed by atoms with Crippen LogP contribution in [0, 0.1) is 0 Å². The standard InChI is InChI=1S/C20H32N2O3S/c1-5-6-13-22(26-25-19(23)21-4)14-8-7-10-16-11-9-12-17-15-20(2,3)24-18(16)17/h9,11-12H,5-8,10,13-15H2,1-4H3,(H,21,23). The largest absolute Gasteiger partial charge is 0.487 e. The van der Waals surface area contributed by atoms with Crippen molar-refractivity contribution >= 4 is 18.3 Å². The summed E-state index contributed by atoms with van der Waals surface area (Å²) in [5, 5.41) is 2.47. The Kier molecular flexibility index (Phi) is 8.10. The number of nitrogens with zero attached hydrogens (tertiary/aromatic N) is 1. The minimum atomic E-state index is -0.406. The zero-order valence-electron chi connectivity index (χ0n) is 16.5. The van der Waals surface area contributed by atoms with Crippen LogP contribution in [0.5, 0.6) is 5.75 Å². The minimum absolute atomic E-state index is 0.0940. The van der Waals surface area contributed by atoms with Crippen molar-refractivity contribution in [3.63, 3.8) is 0 Å². The number of aryl methyl sites for hydroxylation is 1. The second-order valence-electron chi connectivity index (χ2n) is 7.38. The van der Waals surface area contributed by atoms with E-state index in [0.29, 0.717) is 0 Å². The molecule has 1 N–H and O–H groups in total. The highest BCUT2D eigenvalue weighted by molar-refractivity contribution is 7.92. The molecule has 0 unspecified atom stereocenters. The molecular formula is C20H32N2O3S. The Morgan fingerprint density at radius 1 is 1.31 bits per heavy atom. The van der Waals surface area contributed by atoms with Crippen molar-refractivity contribution in [3.8, 4) is 5.75 Å². The molecule has 2 rings (SSSR count). The normalized spacial score (nSPS) is 14.8. The first kappa shape index (κ1) is 20.9. The van der Waals surface area contributed by atoms with Crippen molar-refractivity contribution in [1.82, 2.24) is 9.62 Å². The maximum Gasteiger partial charge on any atom is 0.420 e. The molecule has 1 heterocycles. The number of rotatable bonds is 10. The van der Waals surface area contributed by atoms with Gasteiger partial charge in [0.25, 0.3) is 0 Å². The maximum atomic E-state index is 11.3. The molecule has 146 valence electrons. The van der Waals surface area contributed by atoms with Gasteiger partial charge in [-0.3, -0.25) is 0 Å². The van der Waals surface area contributed by atoms with Crippen LogP contribution in [0.15, 0.2) is 18.2 Å². The number of nitrogens with one attached hydrogen (secondary N) is 1. The molecule has 0 aromatic heterocycles. The van der Waals surface area contributed by atoms with E-state index in [2.05, 4.69) is 48.6 Å². The number of carbonyl (C=O) groups excluding carboxylic acids is 1. The van der Waals surface area contributed by atoms with Gasteiger partial charge >= 0.3 is 6.09 Å². The van der Waals surface area contributed by atoms with E-state index in [9.17, 15) is 4.79 Å². The van der Waals surface area contributed by atoms with Crippen LogP contribution in [0.1, 0.15) is 57.6 Å². The lowest BCUT2D eigenvalue weighted by Crippen LogP contribution is -2.25. The summed E-state index contributed by atoms with van der Waals surface area (Å²) in [6, 6.07) is 6.49. The molecule has 26 heavy (non-hydrogen) atoms. The van der Waals surface area contributed by atoms with Gasteiger partial charge in [-0.15, -0.1) is 0 Å². The lowest BCUT2D eigenvalue weighted by molar-refractivity contribution is 0.137. The van der Waals surface area contributed by atoms with Gasteiger partial charge in [-0.1, -0.05) is 31.5 Å². The third-order valence-electron chi connectivity index (χ3n) is 4.46. The highest BCUT2D eigenvalue weighted by atomic mass is 32.2. The van der Waals surface area contributed by atoms with Crippen molar-refractivity contribution in [2.75, 3.05) is 20.1 Å². The van der Waals surface area contributed by atoms with E-state index in [1.807, 2.05) is 0 Å². The van der Waals surface area contributed by atoms with Crippen LogP contribution in [0.4, 0.5) is 4.79 Å². The predicted molar refractivity (Wildman–Crippen MR) is 107 cm³/mol. The summed E-state index contributed by atoms with van der Waals surface area (Å²) >= 11 is 1.16. The lowest BCUT2D eigenvalue weighted by atomic mass is 9.99. The molecule has 0 saturated heterocycles. The van der Waals surface area contributed by atoms with Crippen molar-refractivity contribution in [3.05, 3.63) is 29.3 Å². The average Bonchev–Trinajstić information content (AvgIpc) is 2.94. The molecule has 5 nitrogen and oxygen atoms in total. The molecule has 0 bridgehead atoms. The SMILES string of the molecule is CCCCN(CCCCc1cccc2c1OC(C)(C)C2)SOC(=O)NC. The van der Waals surface area contributed by atoms with Crippen LogP contribution in [0.2, 0.25) is 0 Å². The van der Waals surface area contributed by atoms with Crippen LogP contribution in [0.3, 0.4) is 0 Å². The number of fused-ring (bicyclic) bond motifs is 1. The van der Waals surface area contributed by atoms with Gasteiger partial charge in [0.1, 0.15) is 11.4 Å². The second-order valence-corrected chi connectivity index (χ2v) is 8.21. The fraction of sp³-hybridized carbons (Fsp3) is 0.650. The Balaban J connectivity index is 1.79. The van der Waals surface area contributed by atoms with Gasteiger partial charge in [-0.05, 0) is 50.7 Å². The van der Waals surface area contributed by atoms with Gasteiger partial charge in [0.15, 0.2) is 12.2 Å². The summed E-state index contributed by atoms with van der Waals surface area (Å²) in [7, 11) is 1.57. The second kappa shape index (κ2) is 10.1. The first-order chi connectivity index (χ1) is 12.4. The molecule has 6 heteroatoms. The number of benzene rings is 1. The zero-order chi connectivity index (χ0) is 19.0. The average molecular weight is 381 g/mol. The number of hydrogen-bond acceptors (Lipinski definition) is 5. The molecule has 0 spiro atoms. The van der Waals surface area contributed by atoms with E-state index in [4.69, 9.17) is 8.92 Å². The van der Waals surface area contributed by atoms with E-state index in [0.717, 1.165) is 69.6 Å². The molecule has 0 atom stereocenters. The Morgan fingerprint density at radius 2 is 2.08 bits per heavy atom. The van der Waals surface area contributed by atoms with E-state index in [1.165, 1.54) is 11.1 Å². The highest BCUT2D eigenvalue weighted by Crippen LogP contribution is 2.38. The van der Waals surface area contributed by atoms with Gasteiger partial charge in [0, 0.05) is 26.6 Å². The third kappa shape index (κ3) is 6.40. The summed E-state index contributed by atoms with van der Waals surface area (Å²) in [5.74, 6) is 1.10. The third-order valence-corrected chi connectivity index (χ3v) is 5.26. The van der Waals surface area contributed by atoms with E-state index in [-0.39, 0.29) is 5.60 Å². The number of carbonyl (C=O) groups is 1. The fourth-order valence-corrected chi connectivity index (χ4v) is 3.79. The van der Waals surface area contributed by atoms with Crippen LogP contribution in [-0.2, 0) is 17.0 Å². The molecule has 1 aliphatic heterocycles. The van der Waals surface area contributed by atoms with Crippen LogP contribution < -0.4 is 10.1 Å². The Hall–Kier alpha value is -1.40. The number of amides is 1. The molecule has 1 amide bonds. The molecule has 0 radical (unpaired) electrons. The van der Waals surface area contributed by atoms with Crippen molar-refractivity contribution in [2.24, 2.45) is 0 Å². The van der Waals surface area contributed by atoms with Gasteiger partial charge < -0.3 is 14.2 Å². The molecule has 0 aliphatic carbocycles. The zero-order valence-corrected chi connectivity index (χ0v) is 17.3. The van der Waals surface area contributed by atoms with Crippen molar-refractivity contribution in [1.29, 1.82) is 0 Å². The first-order valence-corrected chi connectivity index (χ1v) is 10.3. The van der Waals surface area contributed by atoms with Crippen molar-refractivity contribution in [2.45, 2.75) is 64.9 Å². The quantitative estimate of drug-likeness (QED) is 0.361. The molecule has 1 aliphatic rings. The molecule has 1 aromatic carbocycles. The van der Waals surface area contributed by atoms with Gasteiger partial charge in [0.2, 0.25) is 0 Å². The number of hydrogen-bond donors (Lipinski definition) is 1. The van der Waals surface area contributed by atoms with Crippen molar-refractivity contribution < 1.29 is 13.7 Å². The van der Waals surface area contributed by atoms with Crippen LogP contribution in [0.25, 0.3) is 0 Å². The van der Waals surface area contributed by atoms with Gasteiger partial charge in [-0.25, -0.2) is 9.10 Å². The van der Waals surface area contributed by atoms with Gasteiger partial charge in [-0.2, -0.15) is 0 Å².